The normalized spacial score (nSPS) is 11.6. The van der Waals surface area contributed by atoms with Crippen LogP contribution >= 0.6 is 0 Å². The van der Waals surface area contributed by atoms with Gasteiger partial charge in [-0.05, 0) is 95.6 Å². The highest BCUT2D eigenvalue weighted by Crippen LogP contribution is 2.45. The van der Waals surface area contributed by atoms with E-state index in [1.165, 1.54) is 21.5 Å². The van der Waals surface area contributed by atoms with E-state index in [1.54, 1.807) is 18.2 Å². The molecule has 12 rings (SSSR count). The highest BCUT2D eigenvalue weighted by atomic mass is 15.0. The van der Waals surface area contributed by atoms with Crippen molar-refractivity contribution in [3.05, 3.63) is 211 Å². The number of rotatable bonds is 5. The van der Waals surface area contributed by atoms with Gasteiger partial charge in [-0.2, -0.15) is 10.5 Å². The highest BCUT2D eigenvalue weighted by molar-refractivity contribution is 6.26. The number of nitriles is 2. The van der Waals surface area contributed by atoms with Crippen molar-refractivity contribution in [3.8, 4) is 51.5 Å². The van der Waals surface area contributed by atoms with Gasteiger partial charge in [0.25, 0.3) is 0 Å². The van der Waals surface area contributed by atoms with Crippen LogP contribution in [0.5, 0.6) is 0 Å². The van der Waals surface area contributed by atoms with Crippen molar-refractivity contribution in [1.82, 2.24) is 13.7 Å². The Morgan fingerprint density at radius 2 is 0.852 bits per heavy atom. The van der Waals surface area contributed by atoms with E-state index in [2.05, 4.69) is 190 Å². The molecule has 0 saturated heterocycles. The molecule has 5 nitrogen and oxygen atoms in total. The van der Waals surface area contributed by atoms with Crippen LogP contribution in [0, 0.1) is 22.7 Å². The maximum absolute atomic E-state index is 10.3. The molecule has 3 heterocycles. The summed E-state index contributed by atoms with van der Waals surface area (Å²) in [5.74, 6) is 0. The van der Waals surface area contributed by atoms with E-state index >= 15 is 0 Å². The Hall–Kier alpha value is -8.64. The first-order valence-electron chi connectivity index (χ1n) is 20.4. The molecular weight excluding hydrogens is 743 g/mol. The predicted molar refractivity (Wildman–Crippen MR) is 250 cm³/mol. The Morgan fingerprint density at radius 3 is 1.52 bits per heavy atom. The second-order valence-corrected chi connectivity index (χ2v) is 15.5. The number of hydrogen-bond acceptors (Lipinski definition) is 2. The second kappa shape index (κ2) is 13.5. The Labute approximate surface area is 351 Å². The van der Waals surface area contributed by atoms with Crippen molar-refractivity contribution >= 4 is 65.4 Å². The summed E-state index contributed by atoms with van der Waals surface area (Å²) in [7, 11) is 0. The summed E-state index contributed by atoms with van der Waals surface area (Å²) in [6.45, 7) is 0. The number of benzene rings is 9. The first-order chi connectivity index (χ1) is 30.2. The SMILES string of the molecule is N#Cc1cccc(C#N)c1-c1ccc(-n2c3ccc(-n4c5ccccc5c5ccccc54)cc3c3ccc4c(c5ccccc5n4-c4ccccc4)c32)cc1-c1ccccc1. The molecule has 0 aliphatic heterocycles. The predicted octanol–water partition coefficient (Wildman–Crippen LogP) is 14.1. The average molecular weight is 776 g/mol. The van der Waals surface area contributed by atoms with E-state index in [0.29, 0.717) is 16.7 Å². The molecule has 0 fully saturated rings. The fourth-order valence-electron chi connectivity index (χ4n) is 9.78. The van der Waals surface area contributed by atoms with Gasteiger partial charge in [0.1, 0.15) is 0 Å². The van der Waals surface area contributed by atoms with Crippen molar-refractivity contribution < 1.29 is 0 Å². The maximum atomic E-state index is 10.3. The molecule has 0 aliphatic rings. The number of nitrogens with zero attached hydrogens (tertiary/aromatic N) is 5. The molecule has 0 radical (unpaired) electrons. The molecular formula is C56H33N5. The second-order valence-electron chi connectivity index (χ2n) is 15.5. The van der Waals surface area contributed by atoms with Gasteiger partial charge >= 0.3 is 0 Å². The van der Waals surface area contributed by atoms with E-state index < -0.39 is 0 Å². The first kappa shape index (κ1) is 34.4. The quantitative estimate of drug-likeness (QED) is 0.175. The lowest BCUT2D eigenvalue weighted by Gasteiger charge is -2.17. The summed E-state index contributed by atoms with van der Waals surface area (Å²) in [6.07, 6.45) is 0. The van der Waals surface area contributed by atoms with Crippen LogP contribution in [0.4, 0.5) is 0 Å². The lowest BCUT2D eigenvalue weighted by molar-refractivity contribution is 1.17. The van der Waals surface area contributed by atoms with E-state index in [4.69, 9.17) is 0 Å². The van der Waals surface area contributed by atoms with Gasteiger partial charge < -0.3 is 13.7 Å². The van der Waals surface area contributed by atoms with Gasteiger partial charge in [0.05, 0.1) is 56.4 Å². The van der Waals surface area contributed by atoms with Crippen molar-refractivity contribution in [1.29, 1.82) is 10.5 Å². The number of fused-ring (bicyclic) bond motifs is 10. The van der Waals surface area contributed by atoms with Crippen LogP contribution in [-0.2, 0) is 0 Å². The molecule has 0 N–H and O–H groups in total. The minimum Gasteiger partial charge on any atom is -0.309 e. The Balaban J connectivity index is 1.23. The van der Waals surface area contributed by atoms with Gasteiger partial charge in [-0.15, -0.1) is 0 Å². The lowest BCUT2D eigenvalue weighted by Crippen LogP contribution is -1.99. The van der Waals surface area contributed by atoms with Gasteiger partial charge in [-0.3, -0.25) is 0 Å². The van der Waals surface area contributed by atoms with Crippen LogP contribution in [0.2, 0.25) is 0 Å². The minimum absolute atomic E-state index is 0.467. The van der Waals surface area contributed by atoms with Crippen LogP contribution in [0.15, 0.2) is 200 Å². The van der Waals surface area contributed by atoms with Crippen LogP contribution in [-0.4, -0.2) is 13.7 Å². The summed E-state index contributed by atoms with van der Waals surface area (Å²) in [5, 5.41) is 27.7. The Bertz CT molecular complexity index is 3750. The van der Waals surface area contributed by atoms with Gasteiger partial charge in [0.15, 0.2) is 0 Å². The average Bonchev–Trinajstić information content (AvgIpc) is 3.97. The third-order valence-corrected chi connectivity index (χ3v) is 12.3. The monoisotopic (exact) mass is 775 g/mol. The number of hydrogen-bond donors (Lipinski definition) is 0. The lowest BCUT2D eigenvalue weighted by atomic mass is 9.89. The standard InChI is InChI=1S/C56H33N5/c57-34-37-16-13-17-38(35-58)54(37)44-28-26-41(32-47(44)36-14-3-1-4-15-36)61-52-30-27-40(60-49-23-10-7-20-42(49)43-21-8-11-24-50(43)60)33-48(52)45-29-31-53-55(56(45)61)46-22-9-12-25-51(46)59(53)39-18-5-2-6-19-39/h1-33H. The van der Waals surface area contributed by atoms with E-state index in [1.807, 2.05) is 18.2 Å². The largest absolute Gasteiger partial charge is 0.309 e. The van der Waals surface area contributed by atoms with E-state index in [9.17, 15) is 10.5 Å². The zero-order chi connectivity index (χ0) is 40.6. The molecule has 282 valence electrons. The molecule has 0 aliphatic carbocycles. The zero-order valence-electron chi connectivity index (χ0n) is 32.8. The fraction of sp³-hybridized carbons (Fsp3) is 0. The van der Waals surface area contributed by atoms with E-state index in [-0.39, 0.29) is 0 Å². The molecule has 0 spiro atoms. The molecule has 9 aromatic carbocycles. The van der Waals surface area contributed by atoms with Crippen LogP contribution in [0.3, 0.4) is 0 Å². The molecule has 0 atom stereocenters. The first-order valence-corrected chi connectivity index (χ1v) is 20.4. The van der Waals surface area contributed by atoms with Crippen molar-refractivity contribution in [2.45, 2.75) is 0 Å². The topological polar surface area (TPSA) is 62.4 Å². The van der Waals surface area contributed by atoms with Crippen LogP contribution in [0.1, 0.15) is 11.1 Å². The number of aromatic nitrogens is 3. The molecule has 61 heavy (non-hydrogen) atoms. The molecule has 3 aromatic heterocycles. The third-order valence-electron chi connectivity index (χ3n) is 12.3. The smallest absolute Gasteiger partial charge is 0.0998 e. The van der Waals surface area contributed by atoms with Gasteiger partial charge in [0.2, 0.25) is 0 Å². The third kappa shape index (κ3) is 5.05. The Morgan fingerprint density at radius 1 is 0.328 bits per heavy atom. The zero-order valence-corrected chi connectivity index (χ0v) is 32.8. The molecule has 0 amide bonds. The summed E-state index contributed by atoms with van der Waals surface area (Å²) < 4.78 is 7.17. The fourth-order valence-corrected chi connectivity index (χ4v) is 9.78. The highest BCUT2D eigenvalue weighted by Gasteiger charge is 2.24. The van der Waals surface area contributed by atoms with Crippen molar-refractivity contribution in [3.63, 3.8) is 0 Å². The summed E-state index contributed by atoms with van der Waals surface area (Å²) >= 11 is 0. The summed E-state index contributed by atoms with van der Waals surface area (Å²) in [6, 6.07) is 74.8. The maximum Gasteiger partial charge on any atom is 0.0998 e. The van der Waals surface area contributed by atoms with Gasteiger partial charge in [-0.1, -0.05) is 121 Å². The molecule has 0 unspecified atom stereocenters. The molecule has 0 bridgehead atoms. The van der Waals surface area contributed by atoms with Gasteiger partial charge in [-0.25, -0.2) is 0 Å². The summed E-state index contributed by atoms with van der Waals surface area (Å²) in [4.78, 5) is 0. The van der Waals surface area contributed by atoms with Crippen LogP contribution in [0.25, 0.3) is 105 Å². The molecule has 5 heteroatoms. The molecule has 12 aromatic rings. The molecule has 0 saturated carbocycles. The van der Waals surface area contributed by atoms with Crippen molar-refractivity contribution in [2.75, 3.05) is 0 Å². The Kier molecular flexibility index (Phi) is 7.59. The van der Waals surface area contributed by atoms with E-state index in [0.717, 1.165) is 77.6 Å². The number of para-hydroxylation sites is 4. The van der Waals surface area contributed by atoms with Crippen molar-refractivity contribution in [2.24, 2.45) is 0 Å². The summed E-state index contributed by atoms with van der Waals surface area (Å²) in [5.41, 5.74) is 14.3. The minimum atomic E-state index is 0.467. The van der Waals surface area contributed by atoms with Gasteiger partial charge in [0, 0.05) is 54.9 Å². The van der Waals surface area contributed by atoms with Crippen LogP contribution < -0.4 is 0 Å².